The van der Waals surface area contributed by atoms with E-state index in [4.69, 9.17) is 0 Å². The molecule has 0 amide bonds. The van der Waals surface area contributed by atoms with E-state index in [1.54, 1.807) is 12.1 Å². The van der Waals surface area contributed by atoms with Gasteiger partial charge in [-0.25, -0.2) is 0 Å². The Hall–Kier alpha value is -0.650. The SMILES string of the molecule is CCCCCCCCCCCCCC(=O)C[C@H](O)CC1(CCc2ccc(O)cc2)SCCCS1. The third kappa shape index (κ3) is 12.9. The molecule has 1 aliphatic rings. The van der Waals surface area contributed by atoms with E-state index >= 15 is 0 Å². The Morgan fingerprint density at radius 3 is 2.06 bits per heavy atom. The average Bonchev–Trinajstić information content (AvgIpc) is 2.82. The number of carbonyl (C=O) groups is 1. The summed E-state index contributed by atoms with van der Waals surface area (Å²) in [5, 5.41) is 20.3. The summed E-state index contributed by atoms with van der Waals surface area (Å²) < 4.78 is -0.00757. The lowest BCUT2D eigenvalue weighted by molar-refractivity contribution is -0.121. The maximum atomic E-state index is 12.5. The zero-order valence-electron chi connectivity index (χ0n) is 21.4. The van der Waals surface area contributed by atoms with Crippen molar-refractivity contribution in [1.29, 1.82) is 0 Å². The van der Waals surface area contributed by atoms with E-state index in [1.165, 1.54) is 69.8 Å². The Morgan fingerprint density at radius 2 is 1.47 bits per heavy atom. The van der Waals surface area contributed by atoms with E-state index in [9.17, 15) is 15.0 Å². The molecule has 0 unspecified atom stereocenters. The first kappa shape index (κ1) is 29.6. The molecule has 1 aliphatic heterocycles. The summed E-state index contributed by atoms with van der Waals surface area (Å²) >= 11 is 3.93. The van der Waals surface area contributed by atoms with Crippen LogP contribution >= 0.6 is 23.5 Å². The highest BCUT2D eigenvalue weighted by Gasteiger charge is 2.35. The van der Waals surface area contributed by atoms with Gasteiger partial charge in [-0.15, -0.1) is 23.5 Å². The number of hydrogen-bond acceptors (Lipinski definition) is 5. The van der Waals surface area contributed by atoms with E-state index in [0.717, 1.165) is 37.2 Å². The highest BCUT2D eigenvalue weighted by atomic mass is 32.2. The number of aliphatic hydroxyl groups excluding tert-OH is 1. The van der Waals surface area contributed by atoms with Gasteiger partial charge in [0.2, 0.25) is 0 Å². The number of carbonyl (C=O) groups excluding carboxylic acids is 1. The van der Waals surface area contributed by atoms with Crippen molar-refractivity contribution in [3.63, 3.8) is 0 Å². The van der Waals surface area contributed by atoms with Crippen molar-refractivity contribution in [3.05, 3.63) is 29.8 Å². The van der Waals surface area contributed by atoms with E-state index in [-0.39, 0.29) is 9.86 Å². The lowest BCUT2D eigenvalue weighted by Crippen LogP contribution is -2.32. The van der Waals surface area contributed by atoms with Crippen LogP contribution < -0.4 is 0 Å². The summed E-state index contributed by atoms with van der Waals surface area (Å²) in [5.74, 6) is 2.78. The van der Waals surface area contributed by atoms with Gasteiger partial charge in [-0.3, -0.25) is 4.79 Å². The minimum atomic E-state index is -0.543. The highest BCUT2D eigenvalue weighted by molar-refractivity contribution is 8.18. The van der Waals surface area contributed by atoms with E-state index in [1.807, 2.05) is 35.7 Å². The monoisotopic (exact) mass is 508 g/mol. The fourth-order valence-electron chi connectivity index (χ4n) is 4.76. The van der Waals surface area contributed by atoms with Crippen LogP contribution in [0.15, 0.2) is 24.3 Å². The first-order valence-electron chi connectivity index (χ1n) is 13.8. The molecule has 5 heteroatoms. The zero-order valence-corrected chi connectivity index (χ0v) is 23.1. The number of phenols is 1. The average molecular weight is 509 g/mol. The molecule has 0 spiro atoms. The molecule has 3 nitrogen and oxygen atoms in total. The standard InChI is InChI=1S/C29H48O3S2/c1-2-3-4-5-6-7-8-9-10-11-12-14-27(31)23-28(32)24-29(33-21-13-22-34-29)20-19-25-15-17-26(30)18-16-25/h15-18,28,30,32H,2-14,19-24H2,1H3/t28-/m0/s1. The molecule has 1 saturated heterocycles. The summed E-state index contributed by atoms with van der Waals surface area (Å²) in [6.45, 7) is 2.26. The number of unbranched alkanes of at least 4 members (excludes halogenated alkanes) is 10. The minimum absolute atomic E-state index is 0.00757. The highest BCUT2D eigenvalue weighted by Crippen LogP contribution is 2.49. The Morgan fingerprint density at radius 1 is 0.912 bits per heavy atom. The van der Waals surface area contributed by atoms with Gasteiger partial charge in [0.25, 0.3) is 0 Å². The van der Waals surface area contributed by atoms with Gasteiger partial charge in [0.05, 0.1) is 10.2 Å². The van der Waals surface area contributed by atoms with Crippen LogP contribution in [0.2, 0.25) is 0 Å². The molecule has 1 aromatic carbocycles. The number of aryl methyl sites for hydroxylation is 1. The summed E-state index contributed by atoms with van der Waals surface area (Å²) in [7, 11) is 0. The van der Waals surface area contributed by atoms with E-state index in [0.29, 0.717) is 25.0 Å². The number of benzene rings is 1. The van der Waals surface area contributed by atoms with Crippen molar-refractivity contribution in [2.75, 3.05) is 11.5 Å². The number of hydrogen-bond donors (Lipinski definition) is 2. The summed E-state index contributed by atoms with van der Waals surface area (Å²) in [6, 6.07) is 7.44. The molecule has 2 rings (SSSR count). The normalized spacial score (nSPS) is 16.4. The lowest BCUT2D eigenvalue weighted by Gasteiger charge is -2.37. The lowest BCUT2D eigenvalue weighted by atomic mass is 9.99. The number of phenolic OH excluding ortho intramolecular Hbond substituents is 1. The van der Waals surface area contributed by atoms with Crippen LogP contribution in [-0.4, -0.2) is 37.7 Å². The van der Waals surface area contributed by atoms with Gasteiger partial charge < -0.3 is 10.2 Å². The molecule has 0 saturated carbocycles. The first-order chi connectivity index (χ1) is 16.5. The van der Waals surface area contributed by atoms with Crippen molar-refractivity contribution in [2.45, 2.75) is 126 Å². The Kier molecular flexibility index (Phi) is 15.4. The van der Waals surface area contributed by atoms with Crippen molar-refractivity contribution in [1.82, 2.24) is 0 Å². The van der Waals surface area contributed by atoms with Crippen molar-refractivity contribution in [3.8, 4) is 5.75 Å². The quantitative estimate of drug-likeness (QED) is 0.184. The van der Waals surface area contributed by atoms with Crippen LogP contribution in [-0.2, 0) is 11.2 Å². The van der Waals surface area contributed by atoms with Gasteiger partial charge in [-0.2, -0.15) is 0 Å². The number of thioether (sulfide) groups is 2. The van der Waals surface area contributed by atoms with Crippen molar-refractivity contribution in [2.24, 2.45) is 0 Å². The van der Waals surface area contributed by atoms with Gasteiger partial charge in [-0.1, -0.05) is 83.3 Å². The van der Waals surface area contributed by atoms with Gasteiger partial charge in [-0.05, 0) is 61.3 Å². The molecular weight excluding hydrogens is 460 g/mol. The Bertz CT molecular complexity index is 656. The van der Waals surface area contributed by atoms with Gasteiger partial charge >= 0.3 is 0 Å². The zero-order chi connectivity index (χ0) is 24.5. The fraction of sp³-hybridized carbons (Fsp3) is 0.759. The summed E-state index contributed by atoms with van der Waals surface area (Å²) in [5.41, 5.74) is 1.21. The summed E-state index contributed by atoms with van der Waals surface area (Å²) in [4.78, 5) is 12.5. The predicted molar refractivity (Wildman–Crippen MR) is 150 cm³/mol. The van der Waals surface area contributed by atoms with Crippen molar-refractivity contribution >= 4 is 29.3 Å². The molecule has 1 atom stereocenters. The van der Waals surface area contributed by atoms with Gasteiger partial charge in [0, 0.05) is 12.8 Å². The number of aromatic hydroxyl groups is 1. The largest absolute Gasteiger partial charge is 0.508 e. The van der Waals surface area contributed by atoms with Crippen LogP contribution in [0.1, 0.15) is 115 Å². The van der Waals surface area contributed by atoms with Crippen LogP contribution in [0.4, 0.5) is 0 Å². The Labute approximate surface area is 217 Å². The molecule has 1 fully saturated rings. The number of Topliss-reactive ketones (excluding diaryl/α,β-unsaturated/α-hetero) is 1. The van der Waals surface area contributed by atoms with E-state index < -0.39 is 6.10 Å². The predicted octanol–water partition coefficient (Wildman–Crippen LogP) is 8.30. The van der Waals surface area contributed by atoms with E-state index in [2.05, 4.69) is 6.92 Å². The molecule has 0 radical (unpaired) electrons. The van der Waals surface area contributed by atoms with Gasteiger partial charge in [0.1, 0.15) is 11.5 Å². The minimum Gasteiger partial charge on any atom is -0.508 e. The molecule has 194 valence electrons. The van der Waals surface area contributed by atoms with Crippen LogP contribution in [0.5, 0.6) is 5.75 Å². The second kappa shape index (κ2) is 17.7. The fourth-order valence-corrected chi connectivity index (χ4v) is 8.21. The molecule has 0 aromatic heterocycles. The third-order valence-electron chi connectivity index (χ3n) is 6.82. The molecular formula is C29H48O3S2. The van der Waals surface area contributed by atoms with Crippen LogP contribution in [0, 0.1) is 0 Å². The first-order valence-corrected chi connectivity index (χ1v) is 15.8. The van der Waals surface area contributed by atoms with Crippen molar-refractivity contribution < 1.29 is 15.0 Å². The molecule has 34 heavy (non-hydrogen) atoms. The second-order valence-electron chi connectivity index (χ2n) is 10.0. The van der Waals surface area contributed by atoms with Crippen LogP contribution in [0.25, 0.3) is 0 Å². The van der Waals surface area contributed by atoms with Gasteiger partial charge in [0.15, 0.2) is 0 Å². The third-order valence-corrected chi connectivity index (χ3v) is 10.3. The molecule has 0 bridgehead atoms. The smallest absolute Gasteiger partial charge is 0.135 e. The van der Waals surface area contributed by atoms with Crippen LogP contribution in [0.3, 0.4) is 0 Å². The molecule has 2 N–H and O–H groups in total. The number of aliphatic hydroxyl groups is 1. The number of rotatable bonds is 19. The summed E-state index contributed by atoms with van der Waals surface area (Å²) in [6.07, 6.45) is 18.4. The maximum Gasteiger partial charge on any atom is 0.135 e. The molecule has 1 heterocycles. The Balaban J connectivity index is 1.60. The molecule has 0 aliphatic carbocycles. The maximum absolute atomic E-state index is 12.5. The topological polar surface area (TPSA) is 57.5 Å². The number of ketones is 1. The second-order valence-corrected chi connectivity index (χ2v) is 13.2. The molecule has 1 aromatic rings.